The molecule has 2 unspecified atom stereocenters. The molecule has 18 heavy (non-hydrogen) atoms. The average Bonchev–Trinajstić information content (AvgIpc) is 2.33. The molecule has 2 atom stereocenters. The lowest BCUT2D eigenvalue weighted by molar-refractivity contribution is 0.0697. The van der Waals surface area contributed by atoms with Crippen molar-refractivity contribution in [1.29, 1.82) is 0 Å². The summed E-state index contributed by atoms with van der Waals surface area (Å²) in [4.78, 5) is 9.13. The van der Waals surface area contributed by atoms with E-state index in [9.17, 15) is 0 Å². The molecule has 0 spiro atoms. The van der Waals surface area contributed by atoms with Crippen molar-refractivity contribution >= 4 is 0 Å². The summed E-state index contributed by atoms with van der Waals surface area (Å²) >= 11 is 0. The van der Waals surface area contributed by atoms with Crippen molar-refractivity contribution in [2.75, 3.05) is 13.2 Å². The molecule has 0 radical (unpaired) electrons. The molecule has 1 aromatic heterocycles. The van der Waals surface area contributed by atoms with E-state index in [-0.39, 0.29) is 6.10 Å². The van der Waals surface area contributed by atoms with Gasteiger partial charge in [0.25, 0.3) is 0 Å². The first kappa shape index (κ1) is 15.1. The van der Waals surface area contributed by atoms with Crippen LogP contribution in [0.2, 0.25) is 0 Å². The Morgan fingerprint density at radius 1 is 1.17 bits per heavy atom. The molecule has 0 aliphatic carbocycles. The van der Waals surface area contributed by atoms with E-state index >= 15 is 0 Å². The number of aryl methyl sites for hydroxylation is 2. The molecule has 2 N–H and O–H groups in total. The number of nitrogens with zero attached hydrogens (tertiary/aromatic N) is 2. The zero-order chi connectivity index (χ0) is 13.7. The van der Waals surface area contributed by atoms with E-state index in [1.165, 1.54) is 5.56 Å². The Labute approximate surface area is 110 Å². The Balaban J connectivity index is 2.97. The van der Waals surface area contributed by atoms with Gasteiger partial charge in [-0.15, -0.1) is 0 Å². The molecule has 0 saturated heterocycles. The highest BCUT2D eigenvalue weighted by Crippen LogP contribution is 2.19. The highest BCUT2D eigenvalue weighted by Gasteiger charge is 2.15. The summed E-state index contributed by atoms with van der Waals surface area (Å²) in [7, 11) is 0. The normalized spacial score (nSPS) is 14.6. The topological polar surface area (TPSA) is 61.0 Å². The zero-order valence-corrected chi connectivity index (χ0v) is 12.2. The first-order chi connectivity index (χ1) is 8.49. The Hall–Kier alpha value is -1.00. The summed E-state index contributed by atoms with van der Waals surface area (Å²) in [5, 5.41) is 0. The fourth-order valence-corrected chi connectivity index (χ4v) is 2.00. The predicted molar refractivity (Wildman–Crippen MR) is 73.5 cm³/mol. The van der Waals surface area contributed by atoms with Gasteiger partial charge in [-0.05, 0) is 52.1 Å². The van der Waals surface area contributed by atoms with Crippen molar-refractivity contribution in [3.8, 4) is 0 Å². The molecule has 0 fully saturated rings. The van der Waals surface area contributed by atoms with E-state index < -0.39 is 0 Å². The third-order valence-electron chi connectivity index (χ3n) is 3.17. The van der Waals surface area contributed by atoms with Gasteiger partial charge in [0.15, 0.2) is 5.82 Å². The Kier molecular flexibility index (Phi) is 5.69. The number of rotatable bonds is 6. The lowest BCUT2D eigenvalue weighted by Gasteiger charge is -2.16. The molecular formula is C14H25N3O. The third-order valence-corrected chi connectivity index (χ3v) is 3.17. The van der Waals surface area contributed by atoms with Gasteiger partial charge in [-0.3, -0.25) is 0 Å². The summed E-state index contributed by atoms with van der Waals surface area (Å²) < 4.78 is 5.54. The van der Waals surface area contributed by atoms with Crippen LogP contribution in [0.5, 0.6) is 0 Å². The molecule has 1 aromatic rings. The van der Waals surface area contributed by atoms with Crippen LogP contribution in [0.4, 0.5) is 0 Å². The number of nitrogens with two attached hydrogens (primary N) is 1. The minimum atomic E-state index is -0.0478. The van der Waals surface area contributed by atoms with Crippen LogP contribution in [0.15, 0.2) is 0 Å². The molecule has 0 amide bonds. The van der Waals surface area contributed by atoms with Gasteiger partial charge in [0.05, 0.1) is 0 Å². The highest BCUT2D eigenvalue weighted by molar-refractivity contribution is 5.25. The van der Waals surface area contributed by atoms with Gasteiger partial charge >= 0.3 is 0 Å². The standard InChI is InChI=1S/C14H25N3O/c1-6-18-12(5)14-16-10(3)13(11(4)17-14)7-9(2)8-15/h9,12H,6-8,15H2,1-5H3. The minimum absolute atomic E-state index is 0.0478. The number of hydrogen-bond donors (Lipinski definition) is 1. The summed E-state index contributed by atoms with van der Waals surface area (Å²) in [6.07, 6.45) is 0.894. The molecule has 0 aromatic carbocycles. The van der Waals surface area contributed by atoms with Gasteiger partial charge in [-0.1, -0.05) is 6.92 Å². The number of ether oxygens (including phenoxy) is 1. The Morgan fingerprint density at radius 2 is 1.72 bits per heavy atom. The largest absolute Gasteiger partial charge is 0.371 e. The summed E-state index contributed by atoms with van der Waals surface area (Å²) in [5.41, 5.74) is 8.99. The second-order valence-electron chi connectivity index (χ2n) is 4.87. The summed E-state index contributed by atoms with van der Waals surface area (Å²) in [6.45, 7) is 11.6. The average molecular weight is 251 g/mol. The van der Waals surface area contributed by atoms with Crippen molar-refractivity contribution in [2.45, 2.75) is 47.1 Å². The lowest BCUT2D eigenvalue weighted by atomic mass is 9.99. The van der Waals surface area contributed by atoms with E-state index in [0.717, 1.165) is 23.6 Å². The smallest absolute Gasteiger partial charge is 0.157 e. The van der Waals surface area contributed by atoms with Gasteiger partial charge < -0.3 is 10.5 Å². The van der Waals surface area contributed by atoms with E-state index in [2.05, 4.69) is 16.9 Å². The Bertz CT molecular complexity index is 370. The maximum absolute atomic E-state index is 5.68. The van der Waals surface area contributed by atoms with Gasteiger partial charge in [0.2, 0.25) is 0 Å². The third kappa shape index (κ3) is 3.75. The molecule has 0 aliphatic heterocycles. The molecule has 4 heteroatoms. The van der Waals surface area contributed by atoms with Crippen LogP contribution in [0, 0.1) is 19.8 Å². The highest BCUT2D eigenvalue weighted by atomic mass is 16.5. The SMILES string of the molecule is CCOC(C)c1nc(C)c(CC(C)CN)c(C)n1. The van der Waals surface area contributed by atoms with Gasteiger partial charge in [-0.2, -0.15) is 0 Å². The van der Waals surface area contributed by atoms with Crippen LogP contribution in [-0.4, -0.2) is 23.1 Å². The monoisotopic (exact) mass is 251 g/mol. The molecule has 0 bridgehead atoms. The minimum Gasteiger partial charge on any atom is -0.371 e. The van der Waals surface area contributed by atoms with Crippen molar-refractivity contribution in [3.05, 3.63) is 22.8 Å². The fraction of sp³-hybridized carbons (Fsp3) is 0.714. The van der Waals surface area contributed by atoms with Crippen molar-refractivity contribution in [2.24, 2.45) is 11.7 Å². The van der Waals surface area contributed by atoms with E-state index in [4.69, 9.17) is 10.5 Å². The van der Waals surface area contributed by atoms with E-state index in [1.807, 2.05) is 27.7 Å². The van der Waals surface area contributed by atoms with Crippen LogP contribution in [0.3, 0.4) is 0 Å². The summed E-state index contributed by atoms with van der Waals surface area (Å²) in [5.74, 6) is 1.23. The predicted octanol–water partition coefficient (Wildman–Crippen LogP) is 2.33. The van der Waals surface area contributed by atoms with Gasteiger partial charge in [0.1, 0.15) is 6.10 Å². The number of aromatic nitrogens is 2. The Morgan fingerprint density at radius 3 is 2.17 bits per heavy atom. The molecular weight excluding hydrogens is 226 g/mol. The second-order valence-corrected chi connectivity index (χ2v) is 4.87. The van der Waals surface area contributed by atoms with Crippen LogP contribution in [-0.2, 0) is 11.2 Å². The number of hydrogen-bond acceptors (Lipinski definition) is 4. The molecule has 0 aliphatic rings. The van der Waals surface area contributed by atoms with Crippen molar-refractivity contribution in [1.82, 2.24) is 9.97 Å². The second kappa shape index (κ2) is 6.81. The maximum Gasteiger partial charge on any atom is 0.157 e. The zero-order valence-electron chi connectivity index (χ0n) is 12.2. The van der Waals surface area contributed by atoms with Crippen molar-refractivity contribution in [3.63, 3.8) is 0 Å². The first-order valence-corrected chi connectivity index (χ1v) is 6.65. The van der Waals surface area contributed by atoms with Crippen LogP contribution in [0.25, 0.3) is 0 Å². The quantitative estimate of drug-likeness (QED) is 0.843. The molecule has 4 nitrogen and oxygen atoms in total. The van der Waals surface area contributed by atoms with E-state index in [0.29, 0.717) is 19.1 Å². The van der Waals surface area contributed by atoms with E-state index in [1.54, 1.807) is 0 Å². The maximum atomic E-state index is 5.68. The van der Waals surface area contributed by atoms with Gasteiger partial charge in [0, 0.05) is 18.0 Å². The lowest BCUT2D eigenvalue weighted by Crippen LogP contribution is -2.17. The fourth-order valence-electron chi connectivity index (χ4n) is 2.00. The molecule has 1 rings (SSSR count). The van der Waals surface area contributed by atoms with Gasteiger partial charge in [-0.25, -0.2) is 9.97 Å². The molecule has 102 valence electrons. The van der Waals surface area contributed by atoms with Crippen LogP contribution in [0.1, 0.15) is 49.7 Å². The first-order valence-electron chi connectivity index (χ1n) is 6.65. The van der Waals surface area contributed by atoms with Crippen molar-refractivity contribution < 1.29 is 4.74 Å². The summed E-state index contributed by atoms with van der Waals surface area (Å²) in [6, 6.07) is 0. The molecule has 1 heterocycles. The van der Waals surface area contributed by atoms with Crippen LogP contribution >= 0.6 is 0 Å². The molecule has 0 saturated carbocycles. The van der Waals surface area contributed by atoms with Crippen LogP contribution < -0.4 is 5.73 Å².